The maximum absolute atomic E-state index is 12.5. The van der Waals surface area contributed by atoms with Crippen molar-refractivity contribution in [1.82, 2.24) is 4.90 Å². The molecule has 4 nitrogen and oxygen atoms in total. The number of imide groups is 1. The van der Waals surface area contributed by atoms with Crippen molar-refractivity contribution in [2.24, 2.45) is 0 Å². The van der Waals surface area contributed by atoms with Crippen LogP contribution >= 0.6 is 11.3 Å². The lowest BCUT2D eigenvalue weighted by Gasteiger charge is -2.29. The van der Waals surface area contributed by atoms with Crippen LogP contribution in [0.4, 0.5) is 0 Å². The number of hydrogen-bond acceptors (Lipinski definition) is 4. The molecule has 1 aliphatic heterocycles. The van der Waals surface area contributed by atoms with E-state index in [1.54, 1.807) is 30.3 Å². The maximum Gasteiger partial charge on any atom is 0.262 e. The van der Waals surface area contributed by atoms with Gasteiger partial charge in [0.05, 0.1) is 17.2 Å². The average Bonchev–Trinajstić information content (AvgIpc) is 3.07. The van der Waals surface area contributed by atoms with Crippen LogP contribution in [0, 0.1) is 0 Å². The number of amides is 2. The van der Waals surface area contributed by atoms with Gasteiger partial charge in [-0.15, -0.1) is 11.3 Å². The molecule has 0 N–H and O–H groups in total. The van der Waals surface area contributed by atoms with Crippen LogP contribution in [0.15, 0.2) is 35.7 Å². The Kier molecular flexibility index (Phi) is 2.59. The van der Waals surface area contributed by atoms with Crippen molar-refractivity contribution >= 4 is 28.9 Å². The molecule has 0 saturated carbocycles. The summed E-state index contributed by atoms with van der Waals surface area (Å²) < 4.78 is 0. The molecule has 2 amide bonds. The third-order valence-electron chi connectivity index (χ3n) is 4.08. The molecular weight excluding hydrogens is 286 g/mol. The summed E-state index contributed by atoms with van der Waals surface area (Å²) in [6.45, 7) is 0. The van der Waals surface area contributed by atoms with Gasteiger partial charge in [0, 0.05) is 16.9 Å². The summed E-state index contributed by atoms with van der Waals surface area (Å²) in [6.07, 6.45) is 0.889. The van der Waals surface area contributed by atoms with Crippen molar-refractivity contribution in [3.8, 4) is 0 Å². The zero-order valence-corrected chi connectivity index (χ0v) is 11.9. The summed E-state index contributed by atoms with van der Waals surface area (Å²) in [6, 6.07) is 8.35. The number of benzene rings is 1. The van der Waals surface area contributed by atoms with Crippen LogP contribution in [0.1, 0.15) is 54.8 Å². The molecule has 2 aliphatic rings. The Morgan fingerprint density at radius 3 is 2.29 bits per heavy atom. The molecule has 2 heterocycles. The summed E-state index contributed by atoms with van der Waals surface area (Å²) in [7, 11) is 0. The van der Waals surface area contributed by atoms with Crippen LogP contribution in [0.3, 0.4) is 0 Å². The van der Waals surface area contributed by atoms with Crippen molar-refractivity contribution in [2.75, 3.05) is 0 Å². The van der Waals surface area contributed by atoms with E-state index in [2.05, 4.69) is 0 Å². The molecule has 1 unspecified atom stereocenters. The molecule has 0 spiro atoms. The third-order valence-corrected chi connectivity index (χ3v) is 5.10. The number of rotatable bonds is 1. The fourth-order valence-corrected chi connectivity index (χ4v) is 4.12. The second-order valence-electron chi connectivity index (χ2n) is 5.20. The van der Waals surface area contributed by atoms with E-state index >= 15 is 0 Å². The third kappa shape index (κ3) is 1.64. The minimum atomic E-state index is -0.315. The average molecular weight is 297 g/mol. The van der Waals surface area contributed by atoms with Crippen molar-refractivity contribution in [2.45, 2.75) is 18.9 Å². The van der Waals surface area contributed by atoms with Gasteiger partial charge in [0.15, 0.2) is 5.78 Å². The Bertz CT molecular complexity index is 757. The number of carbonyl (C=O) groups excluding carboxylic acids is 3. The molecule has 21 heavy (non-hydrogen) atoms. The van der Waals surface area contributed by atoms with Gasteiger partial charge >= 0.3 is 0 Å². The number of thiophene rings is 1. The largest absolute Gasteiger partial charge is 0.294 e. The molecule has 1 aliphatic carbocycles. The van der Waals surface area contributed by atoms with Gasteiger partial charge in [0.25, 0.3) is 11.8 Å². The topological polar surface area (TPSA) is 54.5 Å². The smallest absolute Gasteiger partial charge is 0.262 e. The van der Waals surface area contributed by atoms with Crippen LogP contribution in [-0.4, -0.2) is 22.5 Å². The fourth-order valence-electron chi connectivity index (χ4n) is 3.08. The molecule has 0 fully saturated rings. The van der Waals surface area contributed by atoms with Crippen LogP contribution in [0.5, 0.6) is 0 Å². The lowest BCUT2D eigenvalue weighted by molar-refractivity contribution is 0.0560. The van der Waals surface area contributed by atoms with Crippen LogP contribution < -0.4 is 0 Å². The normalized spacial score (nSPS) is 20.7. The molecule has 1 atom stereocenters. The molecule has 1 aromatic heterocycles. The van der Waals surface area contributed by atoms with Crippen molar-refractivity contribution in [1.29, 1.82) is 0 Å². The van der Waals surface area contributed by atoms with Crippen molar-refractivity contribution < 1.29 is 14.4 Å². The Labute approximate surface area is 125 Å². The van der Waals surface area contributed by atoms with Gasteiger partial charge in [-0.2, -0.15) is 0 Å². The minimum Gasteiger partial charge on any atom is -0.294 e. The molecule has 1 aromatic carbocycles. The first kappa shape index (κ1) is 12.5. The van der Waals surface area contributed by atoms with Gasteiger partial charge in [-0.05, 0) is 30.0 Å². The Balaban J connectivity index is 1.80. The second-order valence-corrected chi connectivity index (χ2v) is 6.15. The standard InChI is InChI=1S/C16H11NO3S/c18-13-6-5-12(14-11(13)7-8-21-14)17-15(19)9-3-1-2-4-10(9)16(17)20/h1-4,7-8,12H,5-6H2. The van der Waals surface area contributed by atoms with Crippen molar-refractivity contribution in [3.63, 3.8) is 0 Å². The highest BCUT2D eigenvalue weighted by Gasteiger charge is 2.43. The van der Waals surface area contributed by atoms with Gasteiger partial charge in [0.1, 0.15) is 0 Å². The molecule has 0 radical (unpaired) electrons. The number of hydrogen-bond donors (Lipinski definition) is 0. The summed E-state index contributed by atoms with van der Waals surface area (Å²) in [5, 5.41) is 1.85. The second kappa shape index (κ2) is 4.36. The lowest BCUT2D eigenvalue weighted by Crippen LogP contribution is -2.36. The molecule has 5 heteroatoms. The van der Waals surface area contributed by atoms with Gasteiger partial charge in [-0.1, -0.05) is 12.1 Å². The highest BCUT2D eigenvalue weighted by atomic mass is 32.1. The van der Waals surface area contributed by atoms with E-state index in [-0.39, 0.29) is 23.6 Å². The molecule has 104 valence electrons. The fraction of sp³-hybridized carbons (Fsp3) is 0.188. The number of fused-ring (bicyclic) bond motifs is 2. The van der Waals surface area contributed by atoms with Crippen LogP contribution in [0.2, 0.25) is 0 Å². The number of Topliss-reactive ketones (excluding diaryl/α,β-unsaturated/α-hetero) is 1. The highest BCUT2D eigenvalue weighted by molar-refractivity contribution is 7.10. The molecular formula is C16H11NO3S. The van der Waals surface area contributed by atoms with E-state index in [0.29, 0.717) is 29.5 Å². The van der Waals surface area contributed by atoms with Gasteiger partial charge in [0.2, 0.25) is 0 Å². The van der Waals surface area contributed by atoms with Gasteiger partial charge in [-0.3, -0.25) is 19.3 Å². The highest BCUT2D eigenvalue weighted by Crippen LogP contribution is 2.41. The van der Waals surface area contributed by atoms with Gasteiger partial charge < -0.3 is 0 Å². The van der Waals surface area contributed by atoms with Gasteiger partial charge in [-0.25, -0.2) is 0 Å². The monoisotopic (exact) mass is 297 g/mol. The van der Waals surface area contributed by atoms with Crippen molar-refractivity contribution in [3.05, 3.63) is 57.3 Å². The molecule has 0 saturated heterocycles. The first-order valence-corrected chi connectivity index (χ1v) is 7.64. The minimum absolute atomic E-state index is 0.0964. The van der Waals surface area contributed by atoms with E-state index in [1.807, 2.05) is 5.38 Å². The Hall–Kier alpha value is -2.27. The number of nitrogens with zero attached hydrogens (tertiary/aromatic N) is 1. The summed E-state index contributed by atoms with van der Waals surface area (Å²) in [5.74, 6) is -0.414. The first-order chi connectivity index (χ1) is 10.2. The van der Waals surface area contributed by atoms with Crippen LogP contribution in [0.25, 0.3) is 0 Å². The number of ketones is 1. The summed E-state index contributed by atoms with van der Waals surface area (Å²) in [5.41, 5.74) is 1.57. The quantitative estimate of drug-likeness (QED) is 0.760. The zero-order valence-electron chi connectivity index (χ0n) is 11.0. The summed E-state index contributed by atoms with van der Waals surface area (Å²) >= 11 is 1.44. The summed E-state index contributed by atoms with van der Waals surface area (Å²) in [4.78, 5) is 39.2. The van der Waals surface area contributed by atoms with E-state index in [4.69, 9.17) is 0 Å². The SMILES string of the molecule is O=C1CCC(N2C(=O)c3ccccc3C2=O)c2sccc21. The first-order valence-electron chi connectivity index (χ1n) is 6.76. The molecule has 4 rings (SSSR count). The maximum atomic E-state index is 12.5. The van der Waals surface area contributed by atoms with E-state index in [1.165, 1.54) is 16.2 Å². The predicted octanol–water partition coefficient (Wildman–Crippen LogP) is 3.06. The molecule has 2 aromatic rings. The number of carbonyl (C=O) groups is 3. The van der Waals surface area contributed by atoms with Crippen LogP contribution in [-0.2, 0) is 0 Å². The Morgan fingerprint density at radius 1 is 0.952 bits per heavy atom. The zero-order chi connectivity index (χ0) is 14.6. The van der Waals surface area contributed by atoms with E-state index in [9.17, 15) is 14.4 Å². The Morgan fingerprint density at radius 2 is 1.62 bits per heavy atom. The molecule has 0 bridgehead atoms. The van der Waals surface area contributed by atoms with E-state index in [0.717, 1.165) is 4.88 Å². The lowest BCUT2D eigenvalue weighted by atomic mass is 9.93. The van der Waals surface area contributed by atoms with E-state index < -0.39 is 0 Å². The predicted molar refractivity (Wildman–Crippen MR) is 77.6 cm³/mol.